The maximum Gasteiger partial charge on any atom is 0.182 e. The second-order valence-electron chi connectivity index (χ2n) is 5.68. The Morgan fingerprint density at radius 1 is 1.14 bits per heavy atom. The van der Waals surface area contributed by atoms with Gasteiger partial charge in [-0.15, -0.1) is 0 Å². The van der Waals surface area contributed by atoms with E-state index in [1.165, 1.54) is 6.20 Å². The van der Waals surface area contributed by atoms with E-state index in [1.54, 1.807) is 19.9 Å². The van der Waals surface area contributed by atoms with Crippen LogP contribution in [0.1, 0.15) is 19.4 Å². The number of nitrogens with two attached hydrogens (primary N) is 1. The van der Waals surface area contributed by atoms with Crippen LogP contribution in [-0.2, 0) is 9.84 Å². The number of pyridine rings is 2. The SMILES string of the molecule is Cc1ccc2c(c1)nc(N)c1ncc(S(=O)(=O)C(C)C)cc12. The van der Waals surface area contributed by atoms with E-state index in [4.69, 9.17) is 5.73 Å². The van der Waals surface area contributed by atoms with Gasteiger partial charge in [0.05, 0.1) is 15.7 Å². The number of fused-ring (bicyclic) bond motifs is 3. The molecular formula is C16H17N3O2S. The van der Waals surface area contributed by atoms with E-state index >= 15 is 0 Å². The van der Waals surface area contributed by atoms with Crippen LogP contribution in [0, 0.1) is 6.92 Å². The van der Waals surface area contributed by atoms with Crippen molar-refractivity contribution < 1.29 is 8.42 Å². The summed E-state index contributed by atoms with van der Waals surface area (Å²) in [5, 5.41) is 1.06. The van der Waals surface area contributed by atoms with Gasteiger partial charge >= 0.3 is 0 Å². The molecular weight excluding hydrogens is 298 g/mol. The van der Waals surface area contributed by atoms with Crippen molar-refractivity contribution in [3.05, 3.63) is 36.0 Å². The summed E-state index contributed by atoms with van der Waals surface area (Å²) in [5.74, 6) is 0.307. The zero-order valence-corrected chi connectivity index (χ0v) is 13.5. The van der Waals surface area contributed by atoms with Crippen molar-refractivity contribution in [3.8, 4) is 0 Å². The largest absolute Gasteiger partial charge is 0.382 e. The normalized spacial score (nSPS) is 12.4. The molecule has 3 rings (SSSR count). The minimum Gasteiger partial charge on any atom is -0.382 e. The molecule has 114 valence electrons. The lowest BCUT2D eigenvalue weighted by Crippen LogP contribution is -2.14. The van der Waals surface area contributed by atoms with Crippen LogP contribution in [0.2, 0.25) is 0 Å². The average molecular weight is 315 g/mol. The number of rotatable bonds is 2. The van der Waals surface area contributed by atoms with Crippen LogP contribution in [0.5, 0.6) is 0 Å². The van der Waals surface area contributed by atoms with Gasteiger partial charge in [-0.25, -0.2) is 13.4 Å². The number of hydrogen-bond acceptors (Lipinski definition) is 5. The molecule has 0 saturated carbocycles. The van der Waals surface area contributed by atoms with Crippen LogP contribution in [0.3, 0.4) is 0 Å². The molecule has 6 heteroatoms. The van der Waals surface area contributed by atoms with Crippen molar-refractivity contribution >= 4 is 37.5 Å². The third kappa shape index (κ3) is 2.20. The highest BCUT2D eigenvalue weighted by molar-refractivity contribution is 7.92. The summed E-state index contributed by atoms with van der Waals surface area (Å²) in [6, 6.07) is 7.46. The average Bonchev–Trinajstić information content (AvgIpc) is 2.46. The fraction of sp³-hybridized carbons (Fsp3) is 0.250. The molecule has 0 atom stereocenters. The first-order valence-corrected chi connectivity index (χ1v) is 8.55. The van der Waals surface area contributed by atoms with Crippen LogP contribution in [0.15, 0.2) is 35.4 Å². The van der Waals surface area contributed by atoms with Crippen molar-refractivity contribution in [1.29, 1.82) is 0 Å². The van der Waals surface area contributed by atoms with Gasteiger partial charge in [0.2, 0.25) is 0 Å². The number of nitrogens with zero attached hydrogens (tertiary/aromatic N) is 2. The highest BCUT2D eigenvalue weighted by Crippen LogP contribution is 2.29. The second kappa shape index (κ2) is 4.91. The van der Waals surface area contributed by atoms with Gasteiger partial charge < -0.3 is 5.73 Å². The van der Waals surface area contributed by atoms with Crippen molar-refractivity contribution in [2.45, 2.75) is 30.9 Å². The fourth-order valence-electron chi connectivity index (χ4n) is 2.43. The zero-order valence-electron chi connectivity index (χ0n) is 12.7. The fourth-order valence-corrected chi connectivity index (χ4v) is 3.45. The summed E-state index contributed by atoms with van der Waals surface area (Å²) in [6.07, 6.45) is 1.36. The molecule has 0 aliphatic carbocycles. The summed E-state index contributed by atoms with van der Waals surface area (Å²) in [7, 11) is -3.38. The molecule has 2 heterocycles. The number of sulfone groups is 1. The first kappa shape index (κ1) is 14.7. The van der Waals surface area contributed by atoms with E-state index < -0.39 is 15.1 Å². The Kier molecular flexibility index (Phi) is 3.29. The standard InChI is InChI=1S/C16H17N3O2S/c1-9(2)22(20,21)11-7-13-12-5-4-10(3)6-14(12)19-16(17)15(13)18-8-11/h4-9H,1-3H3,(H2,17,19). The lowest BCUT2D eigenvalue weighted by atomic mass is 10.1. The lowest BCUT2D eigenvalue weighted by molar-refractivity contribution is 0.587. The van der Waals surface area contributed by atoms with Gasteiger partial charge in [-0.3, -0.25) is 4.98 Å². The van der Waals surface area contributed by atoms with E-state index in [0.29, 0.717) is 16.7 Å². The smallest absolute Gasteiger partial charge is 0.182 e. The molecule has 0 aliphatic heterocycles. The van der Waals surface area contributed by atoms with Gasteiger partial charge in [-0.05, 0) is 38.5 Å². The van der Waals surface area contributed by atoms with Crippen LogP contribution in [0.25, 0.3) is 21.8 Å². The number of benzene rings is 1. The third-order valence-electron chi connectivity index (χ3n) is 3.74. The Morgan fingerprint density at radius 3 is 2.55 bits per heavy atom. The molecule has 2 aromatic heterocycles. The van der Waals surface area contributed by atoms with Gasteiger partial charge in [-0.1, -0.05) is 12.1 Å². The Hall–Kier alpha value is -2.21. The van der Waals surface area contributed by atoms with E-state index in [1.807, 2.05) is 25.1 Å². The van der Waals surface area contributed by atoms with Crippen LogP contribution < -0.4 is 5.73 Å². The first-order chi connectivity index (χ1) is 10.3. The molecule has 0 spiro atoms. The Morgan fingerprint density at radius 2 is 1.86 bits per heavy atom. The third-order valence-corrected chi connectivity index (χ3v) is 5.86. The Labute approximate surface area is 129 Å². The van der Waals surface area contributed by atoms with Gasteiger partial charge in [0.25, 0.3) is 0 Å². The number of hydrogen-bond donors (Lipinski definition) is 1. The molecule has 0 fully saturated rings. The predicted molar refractivity (Wildman–Crippen MR) is 88.5 cm³/mol. The van der Waals surface area contributed by atoms with E-state index in [2.05, 4.69) is 9.97 Å². The summed E-state index contributed by atoms with van der Waals surface area (Å²) >= 11 is 0. The van der Waals surface area contributed by atoms with Gasteiger partial charge in [-0.2, -0.15) is 0 Å². The Balaban J connectivity index is 2.42. The highest BCUT2D eigenvalue weighted by atomic mass is 32.2. The minimum atomic E-state index is -3.38. The maximum absolute atomic E-state index is 12.4. The van der Waals surface area contributed by atoms with Crippen LogP contribution in [0.4, 0.5) is 5.82 Å². The molecule has 5 nitrogen and oxygen atoms in total. The number of aryl methyl sites for hydroxylation is 1. The van der Waals surface area contributed by atoms with Crippen molar-refractivity contribution in [2.24, 2.45) is 0 Å². The molecule has 0 radical (unpaired) electrons. The molecule has 0 unspecified atom stereocenters. The van der Waals surface area contributed by atoms with Gasteiger partial charge in [0, 0.05) is 17.0 Å². The first-order valence-electron chi connectivity index (χ1n) is 7.00. The molecule has 1 aromatic carbocycles. The van der Waals surface area contributed by atoms with Crippen molar-refractivity contribution in [3.63, 3.8) is 0 Å². The molecule has 0 amide bonds. The van der Waals surface area contributed by atoms with Crippen molar-refractivity contribution in [1.82, 2.24) is 9.97 Å². The molecule has 3 aromatic rings. The van der Waals surface area contributed by atoms with Crippen molar-refractivity contribution in [2.75, 3.05) is 5.73 Å². The second-order valence-corrected chi connectivity index (χ2v) is 8.18. The number of anilines is 1. The highest BCUT2D eigenvalue weighted by Gasteiger charge is 2.21. The molecule has 0 aliphatic rings. The predicted octanol–water partition coefficient (Wildman–Crippen LogP) is 2.86. The quantitative estimate of drug-likeness (QED) is 0.735. The summed E-state index contributed by atoms with van der Waals surface area (Å²) in [6.45, 7) is 5.28. The van der Waals surface area contributed by atoms with E-state index in [-0.39, 0.29) is 4.90 Å². The number of aromatic nitrogens is 2. The zero-order chi connectivity index (χ0) is 16.1. The topological polar surface area (TPSA) is 85.9 Å². The molecule has 2 N–H and O–H groups in total. The maximum atomic E-state index is 12.4. The monoisotopic (exact) mass is 315 g/mol. The molecule has 0 bridgehead atoms. The van der Waals surface area contributed by atoms with Gasteiger partial charge in [0.1, 0.15) is 5.52 Å². The van der Waals surface area contributed by atoms with Gasteiger partial charge in [0.15, 0.2) is 15.7 Å². The van der Waals surface area contributed by atoms with Crippen LogP contribution >= 0.6 is 0 Å². The summed E-state index contributed by atoms with van der Waals surface area (Å²) in [4.78, 5) is 8.80. The molecule has 0 saturated heterocycles. The molecule has 22 heavy (non-hydrogen) atoms. The van der Waals surface area contributed by atoms with E-state index in [0.717, 1.165) is 16.5 Å². The minimum absolute atomic E-state index is 0.211. The Bertz CT molecular complexity index is 995. The van der Waals surface area contributed by atoms with Crippen LogP contribution in [-0.4, -0.2) is 23.6 Å². The number of nitrogen functional groups attached to an aromatic ring is 1. The summed E-state index contributed by atoms with van der Waals surface area (Å²) in [5.41, 5.74) is 8.30. The summed E-state index contributed by atoms with van der Waals surface area (Å²) < 4.78 is 24.7. The van der Waals surface area contributed by atoms with E-state index in [9.17, 15) is 8.42 Å². The lowest BCUT2D eigenvalue weighted by Gasteiger charge is -2.11.